The van der Waals surface area contributed by atoms with Crippen LogP contribution in [0.1, 0.15) is 34.2 Å². The summed E-state index contributed by atoms with van der Waals surface area (Å²) in [6.45, 7) is 5.62. The lowest BCUT2D eigenvalue weighted by molar-refractivity contribution is -0.143. The molecule has 7 heteroatoms. The maximum atomic E-state index is 12.7. The van der Waals surface area contributed by atoms with Gasteiger partial charge in [0.05, 0.1) is 6.54 Å². The van der Waals surface area contributed by atoms with Gasteiger partial charge in [-0.1, -0.05) is 30.3 Å². The molecule has 140 valence electrons. The summed E-state index contributed by atoms with van der Waals surface area (Å²) in [5, 5.41) is 0. The molecule has 4 amide bonds. The predicted molar refractivity (Wildman–Crippen MR) is 98.3 cm³/mol. The lowest BCUT2D eigenvalue weighted by atomic mass is 10.1. The van der Waals surface area contributed by atoms with Gasteiger partial charge >= 0.3 is 17.8 Å². The SMILES string of the molecule is CCN1C(=O)C(=O)N(CC(=O)c2cc(C)n(Cc3ccccc3)c2C)C1=O. The summed E-state index contributed by atoms with van der Waals surface area (Å²) in [4.78, 5) is 50.3. The summed E-state index contributed by atoms with van der Waals surface area (Å²) in [6.07, 6.45) is 0. The fraction of sp³-hybridized carbons (Fsp3) is 0.300. The Balaban J connectivity index is 1.82. The van der Waals surface area contributed by atoms with E-state index < -0.39 is 24.4 Å². The Morgan fingerprint density at radius 3 is 2.19 bits per heavy atom. The number of amides is 4. The molecule has 0 aliphatic carbocycles. The normalized spacial score (nSPS) is 14.4. The second-order valence-electron chi connectivity index (χ2n) is 6.50. The first-order valence-electron chi connectivity index (χ1n) is 8.76. The Hall–Kier alpha value is -3.22. The molecule has 1 aliphatic rings. The zero-order chi connectivity index (χ0) is 19.7. The third-order valence-corrected chi connectivity index (χ3v) is 4.81. The maximum Gasteiger partial charge on any atom is 0.334 e. The highest BCUT2D eigenvalue weighted by molar-refractivity contribution is 6.45. The summed E-state index contributed by atoms with van der Waals surface area (Å²) in [5.41, 5.74) is 3.22. The van der Waals surface area contributed by atoms with Crippen LogP contribution < -0.4 is 0 Å². The number of ketones is 1. The van der Waals surface area contributed by atoms with Crippen LogP contribution in [0.5, 0.6) is 0 Å². The minimum atomic E-state index is -0.951. The average Bonchev–Trinajstić information content (AvgIpc) is 3.05. The molecule has 1 aliphatic heterocycles. The van der Waals surface area contributed by atoms with E-state index in [4.69, 9.17) is 0 Å². The molecule has 0 saturated carbocycles. The molecule has 0 bridgehead atoms. The number of urea groups is 1. The summed E-state index contributed by atoms with van der Waals surface area (Å²) >= 11 is 0. The van der Waals surface area contributed by atoms with E-state index in [1.54, 1.807) is 13.0 Å². The van der Waals surface area contributed by atoms with Crippen LogP contribution in [0.2, 0.25) is 0 Å². The highest BCUT2D eigenvalue weighted by Crippen LogP contribution is 2.20. The quantitative estimate of drug-likeness (QED) is 0.445. The van der Waals surface area contributed by atoms with Crippen molar-refractivity contribution in [1.82, 2.24) is 14.4 Å². The van der Waals surface area contributed by atoms with Crippen molar-refractivity contribution in [3.05, 3.63) is 58.9 Å². The number of likely N-dealkylation sites (N-methyl/N-ethyl adjacent to an activating group) is 1. The Bertz CT molecular complexity index is 930. The first kappa shape index (κ1) is 18.6. The van der Waals surface area contributed by atoms with Crippen molar-refractivity contribution in [2.45, 2.75) is 27.3 Å². The zero-order valence-electron chi connectivity index (χ0n) is 15.6. The van der Waals surface area contributed by atoms with Crippen molar-refractivity contribution >= 4 is 23.6 Å². The molecule has 7 nitrogen and oxygen atoms in total. The molecule has 2 heterocycles. The number of aryl methyl sites for hydroxylation is 1. The molecule has 0 spiro atoms. The van der Waals surface area contributed by atoms with Gasteiger partial charge in [-0.15, -0.1) is 0 Å². The van der Waals surface area contributed by atoms with E-state index in [-0.39, 0.29) is 12.3 Å². The molecule has 0 atom stereocenters. The van der Waals surface area contributed by atoms with E-state index in [2.05, 4.69) is 0 Å². The van der Waals surface area contributed by atoms with Crippen molar-refractivity contribution in [1.29, 1.82) is 0 Å². The van der Waals surface area contributed by atoms with Gasteiger partial charge in [-0.3, -0.25) is 19.3 Å². The number of rotatable bonds is 6. The first-order chi connectivity index (χ1) is 12.8. The van der Waals surface area contributed by atoms with Gasteiger partial charge in [0.15, 0.2) is 5.78 Å². The summed E-state index contributed by atoms with van der Waals surface area (Å²) in [7, 11) is 0. The van der Waals surface area contributed by atoms with E-state index in [0.29, 0.717) is 12.1 Å². The van der Waals surface area contributed by atoms with Crippen molar-refractivity contribution in [3.8, 4) is 0 Å². The molecule has 0 unspecified atom stereocenters. The number of carbonyl (C=O) groups is 4. The Kier molecular flexibility index (Phi) is 4.94. The van der Waals surface area contributed by atoms with Gasteiger partial charge in [0.2, 0.25) is 0 Å². The van der Waals surface area contributed by atoms with Crippen LogP contribution in [-0.2, 0) is 16.1 Å². The number of benzene rings is 1. The highest BCUT2D eigenvalue weighted by Gasteiger charge is 2.44. The second kappa shape index (κ2) is 7.19. The minimum Gasteiger partial charge on any atom is -0.344 e. The molecule has 27 heavy (non-hydrogen) atoms. The molecular weight excluding hydrogens is 346 g/mol. The lowest BCUT2D eigenvalue weighted by Gasteiger charge is -2.13. The van der Waals surface area contributed by atoms with Gasteiger partial charge in [-0.2, -0.15) is 0 Å². The fourth-order valence-electron chi connectivity index (χ4n) is 3.29. The van der Waals surface area contributed by atoms with Gasteiger partial charge in [-0.05, 0) is 32.4 Å². The van der Waals surface area contributed by atoms with E-state index in [0.717, 1.165) is 26.8 Å². The number of imide groups is 2. The highest BCUT2D eigenvalue weighted by atomic mass is 16.2. The van der Waals surface area contributed by atoms with E-state index in [1.807, 2.05) is 48.7 Å². The standard InChI is InChI=1S/C20H21N3O4/c1-4-21-18(25)19(26)23(20(21)27)12-17(24)16-10-13(2)22(14(16)3)11-15-8-6-5-7-9-15/h5-10H,4,11-12H2,1-3H3. The molecule has 3 rings (SSSR count). The second-order valence-corrected chi connectivity index (χ2v) is 6.50. The fourth-order valence-corrected chi connectivity index (χ4v) is 3.29. The van der Waals surface area contributed by atoms with Gasteiger partial charge in [0.25, 0.3) is 0 Å². The third-order valence-electron chi connectivity index (χ3n) is 4.81. The number of hydrogen-bond donors (Lipinski definition) is 0. The first-order valence-corrected chi connectivity index (χ1v) is 8.76. The molecule has 0 radical (unpaired) electrons. The average molecular weight is 367 g/mol. The van der Waals surface area contributed by atoms with Crippen LogP contribution in [0.25, 0.3) is 0 Å². The van der Waals surface area contributed by atoms with E-state index in [1.165, 1.54) is 0 Å². The van der Waals surface area contributed by atoms with Crippen molar-refractivity contribution in [2.24, 2.45) is 0 Å². The molecule has 1 saturated heterocycles. The van der Waals surface area contributed by atoms with E-state index >= 15 is 0 Å². The predicted octanol–water partition coefficient (Wildman–Crippen LogP) is 2.15. The summed E-state index contributed by atoms with van der Waals surface area (Å²) in [5.74, 6) is -2.20. The van der Waals surface area contributed by atoms with Crippen LogP contribution in [0, 0.1) is 13.8 Å². The molecular formula is C20H21N3O4. The minimum absolute atomic E-state index is 0.0969. The molecule has 2 aromatic rings. The molecule has 1 fully saturated rings. The van der Waals surface area contributed by atoms with Gasteiger partial charge < -0.3 is 4.57 Å². The number of hydrogen-bond acceptors (Lipinski definition) is 4. The number of nitrogens with zero attached hydrogens (tertiary/aromatic N) is 3. The van der Waals surface area contributed by atoms with Crippen LogP contribution in [-0.4, -0.2) is 51.1 Å². The van der Waals surface area contributed by atoms with E-state index in [9.17, 15) is 19.2 Å². The van der Waals surface area contributed by atoms with Gasteiger partial charge in [0, 0.05) is 30.0 Å². The number of aromatic nitrogens is 1. The lowest BCUT2D eigenvalue weighted by Crippen LogP contribution is -2.37. The van der Waals surface area contributed by atoms with Crippen LogP contribution in [0.15, 0.2) is 36.4 Å². The molecule has 0 N–H and O–H groups in total. The Morgan fingerprint density at radius 2 is 1.59 bits per heavy atom. The summed E-state index contributed by atoms with van der Waals surface area (Å²) in [6, 6.07) is 10.9. The molecule has 1 aromatic carbocycles. The maximum absolute atomic E-state index is 12.7. The van der Waals surface area contributed by atoms with Crippen molar-refractivity contribution in [2.75, 3.05) is 13.1 Å². The van der Waals surface area contributed by atoms with Crippen LogP contribution >= 0.6 is 0 Å². The topological polar surface area (TPSA) is 79.7 Å². The molecule has 1 aromatic heterocycles. The Labute approximate surface area is 157 Å². The zero-order valence-corrected chi connectivity index (χ0v) is 15.6. The van der Waals surface area contributed by atoms with Gasteiger partial charge in [-0.25, -0.2) is 9.69 Å². The third kappa shape index (κ3) is 3.28. The smallest absolute Gasteiger partial charge is 0.334 e. The van der Waals surface area contributed by atoms with Crippen molar-refractivity contribution in [3.63, 3.8) is 0 Å². The monoisotopic (exact) mass is 367 g/mol. The Morgan fingerprint density at radius 1 is 0.963 bits per heavy atom. The summed E-state index contributed by atoms with van der Waals surface area (Å²) < 4.78 is 2.01. The van der Waals surface area contributed by atoms with Crippen molar-refractivity contribution < 1.29 is 19.2 Å². The largest absolute Gasteiger partial charge is 0.344 e. The number of Topliss-reactive ketones (excluding diaryl/α,β-unsaturated/α-hetero) is 1. The van der Waals surface area contributed by atoms with Gasteiger partial charge in [0.1, 0.15) is 0 Å². The number of carbonyl (C=O) groups excluding carboxylic acids is 4. The van der Waals surface area contributed by atoms with Crippen LogP contribution in [0.3, 0.4) is 0 Å². The van der Waals surface area contributed by atoms with Crippen LogP contribution in [0.4, 0.5) is 4.79 Å².